The molecular weight excluding hydrogens is 418 g/mol. The maximum atomic E-state index is 12.9. The number of amides is 2. The first-order valence-electron chi connectivity index (χ1n) is 11.1. The van der Waals surface area contributed by atoms with Crippen molar-refractivity contribution in [3.05, 3.63) is 75.8 Å². The second kappa shape index (κ2) is 9.68. The van der Waals surface area contributed by atoms with Gasteiger partial charge in [-0.15, -0.1) is 0 Å². The predicted octanol–water partition coefficient (Wildman–Crippen LogP) is 3.38. The Kier molecular flexibility index (Phi) is 6.53. The number of aryl methyl sites for hydroxylation is 2. The van der Waals surface area contributed by atoms with Gasteiger partial charge in [0.2, 0.25) is 5.91 Å². The highest BCUT2D eigenvalue weighted by Gasteiger charge is 2.18. The molecule has 0 aliphatic rings. The van der Waals surface area contributed by atoms with E-state index in [1.54, 1.807) is 24.3 Å². The SMILES string of the molecule is CCCCCn1nc(C(=O)NNC(=O)Cc2c(C)[nH]c3ccccc23)c2ccccc2c1=O. The summed E-state index contributed by atoms with van der Waals surface area (Å²) in [4.78, 5) is 41.6. The van der Waals surface area contributed by atoms with Crippen LogP contribution in [0.1, 0.15) is 47.9 Å². The lowest BCUT2D eigenvalue weighted by atomic mass is 10.1. The van der Waals surface area contributed by atoms with Crippen molar-refractivity contribution in [1.29, 1.82) is 0 Å². The highest BCUT2D eigenvalue weighted by atomic mass is 16.2. The zero-order chi connectivity index (χ0) is 23.4. The van der Waals surface area contributed by atoms with Crippen molar-refractivity contribution in [2.45, 2.75) is 46.1 Å². The van der Waals surface area contributed by atoms with Crippen LogP contribution >= 0.6 is 0 Å². The summed E-state index contributed by atoms with van der Waals surface area (Å²) in [5, 5.41) is 6.17. The van der Waals surface area contributed by atoms with Crippen LogP contribution in [0.25, 0.3) is 21.7 Å². The van der Waals surface area contributed by atoms with E-state index in [0.717, 1.165) is 41.4 Å². The molecule has 0 saturated carbocycles. The van der Waals surface area contributed by atoms with E-state index in [-0.39, 0.29) is 23.6 Å². The van der Waals surface area contributed by atoms with E-state index in [1.165, 1.54) is 4.68 Å². The molecule has 170 valence electrons. The third-order valence-corrected chi connectivity index (χ3v) is 5.74. The standard InChI is InChI=1S/C25H27N5O3/c1-3-4-9-14-30-25(33)19-12-6-5-11-18(19)23(29-30)24(32)28-27-22(31)15-20-16(2)26-21-13-8-7-10-17(20)21/h5-8,10-13,26H,3-4,9,14-15H2,1-2H3,(H,27,31)(H,28,32). The van der Waals surface area contributed by atoms with Crippen molar-refractivity contribution in [1.82, 2.24) is 25.6 Å². The zero-order valence-corrected chi connectivity index (χ0v) is 18.8. The fraction of sp³-hybridized carbons (Fsp3) is 0.280. The molecule has 3 N–H and O–H groups in total. The molecule has 0 unspecified atom stereocenters. The molecule has 8 heteroatoms. The fourth-order valence-electron chi connectivity index (χ4n) is 4.02. The fourth-order valence-corrected chi connectivity index (χ4v) is 4.02. The number of fused-ring (bicyclic) bond motifs is 2. The van der Waals surface area contributed by atoms with Gasteiger partial charge in [-0.1, -0.05) is 56.2 Å². The Morgan fingerprint density at radius 1 is 0.970 bits per heavy atom. The molecule has 2 amide bonds. The number of hydrazine groups is 1. The first-order valence-corrected chi connectivity index (χ1v) is 11.1. The molecule has 4 aromatic rings. The molecule has 0 spiro atoms. The van der Waals surface area contributed by atoms with Gasteiger partial charge in [0.05, 0.1) is 11.8 Å². The topological polar surface area (TPSA) is 109 Å². The largest absolute Gasteiger partial charge is 0.358 e. The van der Waals surface area contributed by atoms with Gasteiger partial charge in [-0.2, -0.15) is 5.10 Å². The van der Waals surface area contributed by atoms with Crippen LogP contribution in [-0.2, 0) is 17.8 Å². The maximum Gasteiger partial charge on any atom is 0.290 e. The van der Waals surface area contributed by atoms with Crippen LogP contribution in [0.15, 0.2) is 53.3 Å². The van der Waals surface area contributed by atoms with Gasteiger partial charge in [-0.25, -0.2) is 4.68 Å². The van der Waals surface area contributed by atoms with E-state index < -0.39 is 5.91 Å². The molecule has 33 heavy (non-hydrogen) atoms. The van der Waals surface area contributed by atoms with Crippen LogP contribution in [-0.4, -0.2) is 26.6 Å². The van der Waals surface area contributed by atoms with Gasteiger partial charge in [-0.05, 0) is 31.0 Å². The molecule has 0 radical (unpaired) electrons. The molecule has 2 heterocycles. The summed E-state index contributed by atoms with van der Waals surface area (Å²) in [5.74, 6) is -0.920. The van der Waals surface area contributed by atoms with Crippen LogP contribution in [0.3, 0.4) is 0 Å². The van der Waals surface area contributed by atoms with Gasteiger partial charge in [0.1, 0.15) is 0 Å². The molecule has 0 aliphatic carbocycles. The summed E-state index contributed by atoms with van der Waals surface area (Å²) in [6.45, 7) is 4.43. The maximum absolute atomic E-state index is 12.9. The summed E-state index contributed by atoms with van der Waals surface area (Å²) in [6, 6.07) is 14.6. The molecular formula is C25H27N5O3. The second-order valence-corrected chi connectivity index (χ2v) is 8.08. The highest BCUT2D eigenvalue weighted by Crippen LogP contribution is 2.22. The molecule has 2 aromatic carbocycles. The van der Waals surface area contributed by atoms with Gasteiger partial charge >= 0.3 is 0 Å². The molecule has 0 saturated heterocycles. The molecule has 2 aromatic heterocycles. The van der Waals surface area contributed by atoms with E-state index in [2.05, 4.69) is 27.9 Å². The Labute approximate surface area is 191 Å². The monoisotopic (exact) mass is 445 g/mol. The lowest BCUT2D eigenvalue weighted by molar-refractivity contribution is -0.121. The zero-order valence-electron chi connectivity index (χ0n) is 18.8. The van der Waals surface area contributed by atoms with Gasteiger partial charge < -0.3 is 4.98 Å². The number of para-hydroxylation sites is 1. The van der Waals surface area contributed by atoms with E-state index in [4.69, 9.17) is 0 Å². The number of H-pyrrole nitrogens is 1. The minimum atomic E-state index is -0.570. The van der Waals surface area contributed by atoms with Gasteiger partial charge in [0.25, 0.3) is 11.5 Å². The smallest absolute Gasteiger partial charge is 0.290 e. The lowest BCUT2D eigenvalue weighted by Crippen LogP contribution is -2.43. The Bertz CT molecular complexity index is 1390. The first-order chi connectivity index (χ1) is 16.0. The number of carbonyl (C=O) groups excluding carboxylic acids is 2. The number of aromatic nitrogens is 3. The van der Waals surface area contributed by atoms with Crippen LogP contribution in [0.4, 0.5) is 0 Å². The molecule has 0 atom stereocenters. The average Bonchev–Trinajstić information content (AvgIpc) is 3.14. The van der Waals surface area contributed by atoms with Crippen LogP contribution in [0.2, 0.25) is 0 Å². The minimum absolute atomic E-state index is 0.102. The Morgan fingerprint density at radius 2 is 1.67 bits per heavy atom. The van der Waals surface area contributed by atoms with Gasteiger partial charge in [0.15, 0.2) is 5.69 Å². The number of carbonyl (C=O) groups is 2. The predicted molar refractivity (Wildman–Crippen MR) is 128 cm³/mol. The van der Waals surface area contributed by atoms with Gasteiger partial charge in [-0.3, -0.25) is 25.2 Å². The Balaban J connectivity index is 1.52. The van der Waals surface area contributed by atoms with Crippen molar-refractivity contribution in [3.63, 3.8) is 0 Å². The molecule has 8 nitrogen and oxygen atoms in total. The summed E-state index contributed by atoms with van der Waals surface area (Å²) >= 11 is 0. The number of nitrogens with zero attached hydrogens (tertiary/aromatic N) is 2. The van der Waals surface area contributed by atoms with Gasteiger partial charge in [0, 0.05) is 28.5 Å². The molecule has 0 bridgehead atoms. The van der Waals surface area contributed by atoms with E-state index in [1.807, 2.05) is 31.2 Å². The lowest BCUT2D eigenvalue weighted by Gasteiger charge is -2.12. The first kappa shape index (κ1) is 22.3. The van der Waals surface area contributed by atoms with E-state index in [0.29, 0.717) is 17.3 Å². The number of unbranched alkanes of at least 4 members (excludes halogenated alkanes) is 2. The highest BCUT2D eigenvalue weighted by molar-refractivity contribution is 6.05. The normalized spacial score (nSPS) is 11.1. The average molecular weight is 446 g/mol. The third kappa shape index (κ3) is 4.64. The third-order valence-electron chi connectivity index (χ3n) is 5.74. The number of nitrogens with one attached hydrogen (secondary N) is 3. The molecule has 4 rings (SSSR count). The van der Waals surface area contributed by atoms with E-state index in [9.17, 15) is 14.4 Å². The van der Waals surface area contributed by atoms with Crippen LogP contribution in [0.5, 0.6) is 0 Å². The minimum Gasteiger partial charge on any atom is -0.358 e. The van der Waals surface area contributed by atoms with Crippen molar-refractivity contribution in [3.8, 4) is 0 Å². The summed E-state index contributed by atoms with van der Waals surface area (Å²) in [5.41, 5.74) is 7.57. The number of hydrogen-bond acceptors (Lipinski definition) is 4. The number of benzene rings is 2. The second-order valence-electron chi connectivity index (χ2n) is 8.08. The Morgan fingerprint density at radius 3 is 2.42 bits per heavy atom. The number of rotatable bonds is 7. The summed E-state index contributed by atoms with van der Waals surface area (Å²) in [6.07, 6.45) is 2.88. The number of aromatic amines is 1. The summed E-state index contributed by atoms with van der Waals surface area (Å²) < 4.78 is 1.34. The quantitative estimate of drug-likeness (QED) is 0.299. The van der Waals surface area contributed by atoms with Crippen LogP contribution in [0, 0.1) is 6.92 Å². The van der Waals surface area contributed by atoms with Crippen LogP contribution < -0.4 is 16.4 Å². The van der Waals surface area contributed by atoms with E-state index >= 15 is 0 Å². The van der Waals surface area contributed by atoms with Crippen molar-refractivity contribution >= 4 is 33.5 Å². The summed E-state index contributed by atoms with van der Waals surface area (Å²) in [7, 11) is 0. The molecule has 0 fully saturated rings. The molecule has 0 aliphatic heterocycles. The van der Waals surface area contributed by atoms with Crippen molar-refractivity contribution < 1.29 is 9.59 Å². The number of hydrogen-bond donors (Lipinski definition) is 3. The van der Waals surface area contributed by atoms with Crippen molar-refractivity contribution in [2.24, 2.45) is 0 Å². The van der Waals surface area contributed by atoms with Crippen molar-refractivity contribution in [2.75, 3.05) is 0 Å². The Hall–Kier alpha value is -3.94.